The SMILES string of the molecule is COC(CN(CCc1ccccc1)C(=O)[C@H](NC(=O)OCC1c2ccccc2-c2ccccc21)C1CCCCC1)OC. The first-order valence-electron chi connectivity index (χ1n) is 15.1. The molecule has 5 rings (SSSR count). The molecule has 0 spiro atoms. The van der Waals surface area contributed by atoms with Crippen LogP contribution in [0.15, 0.2) is 78.9 Å². The molecule has 1 N–H and O–H groups in total. The molecule has 2 amide bonds. The second-order valence-electron chi connectivity index (χ2n) is 11.3. The van der Waals surface area contributed by atoms with E-state index in [0.29, 0.717) is 13.0 Å². The minimum absolute atomic E-state index is 0.0430. The maximum atomic E-state index is 14.2. The van der Waals surface area contributed by atoms with Crippen LogP contribution in [0.3, 0.4) is 0 Å². The van der Waals surface area contributed by atoms with Crippen molar-refractivity contribution in [3.8, 4) is 11.1 Å². The predicted molar refractivity (Wildman–Crippen MR) is 163 cm³/mol. The minimum atomic E-state index is -0.675. The average Bonchev–Trinajstić information content (AvgIpc) is 3.37. The average molecular weight is 571 g/mol. The molecule has 0 bridgehead atoms. The Labute approximate surface area is 249 Å². The lowest BCUT2D eigenvalue weighted by Crippen LogP contribution is -2.54. The number of nitrogens with zero attached hydrogens (tertiary/aromatic N) is 1. The number of methoxy groups -OCH3 is 2. The summed E-state index contributed by atoms with van der Waals surface area (Å²) in [5.41, 5.74) is 5.81. The topological polar surface area (TPSA) is 77.1 Å². The molecular formula is C35H42N2O5. The van der Waals surface area contributed by atoms with Crippen molar-refractivity contribution in [2.24, 2.45) is 5.92 Å². The van der Waals surface area contributed by atoms with Crippen LogP contribution in [0.2, 0.25) is 0 Å². The molecule has 0 aromatic heterocycles. The van der Waals surface area contributed by atoms with Crippen LogP contribution < -0.4 is 5.32 Å². The van der Waals surface area contributed by atoms with Gasteiger partial charge in [0.05, 0.1) is 6.54 Å². The fraction of sp³-hybridized carbons (Fsp3) is 0.429. The van der Waals surface area contributed by atoms with E-state index in [2.05, 4.69) is 41.7 Å². The Morgan fingerprint density at radius 2 is 1.43 bits per heavy atom. The van der Waals surface area contributed by atoms with Gasteiger partial charge in [0, 0.05) is 26.7 Å². The summed E-state index contributed by atoms with van der Waals surface area (Å²) < 4.78 is 16.8. The lowest BCUT2D eigenvalue weighted by molar-refractivity contribution is -0.148. The molecule has 42 heavy (non-hydrogen) atoms. The summed E-state index contributed by atoms with van der Waals surface area (Å²) in [5, 5.41) is 3.01. The third-order valence-corrected chi connectivity index (χ3v) is 8.72. The van der Waals surface area contributed by atoms with Gasteiger partial charge in [-0.05, 0) is 53.0 Å². The van der Waals surface area contributed by atoms with E-state index >= 15 is 0 Å². The van der Waals surface area contributed by atoms with Gasteiger partial charge in [0.25, 0.3) is 0 Å². The Hall–Kier alpha value is -3.68. The predicted octanol–water partition coefficient (Wildman–Crippen LogP) is 6.16. The highest BCUT2D eigenvalue weighted by atomic mass is 16.7. The van der Waals surface area contributed by atoms with Crippen LogP contribution in [-0.2, 0) is 25.4 Å². The van der Waals surface area contributed by atoms with Crippen LogP contribution in [0.25, 0.3) is 11.1 Å². The zero-order chi connectivity index (χ0) is 29.3. The van der Waals surface area contributed by atoms with Gasteiger partial charge in [-0.2, -0.15) is 0 Å². The Balaban J connectivity index is 1.31. The Morgan fingerprint density at radius 1 is 0.833 bits per heavy atom. The van der Waals surface area contributed by atoms with Crippen LogP contribution in [0.5, 0.6) is 0 Å². The van der Waals surface area contributed by atoms with E-state index in [9.17, 15) is 9.59 Å². The van der Waals surface area contributed by atoms with E-state index in [4.69, 9.17) is 14.2 Å². The number of amides is 2. The van der Waals surface area contributed by atoms with Crippen molar-refractivity contribution in [3.63, 3.8) is 0 Å². The summed E-state index contributed by atoms with van der Waals surface area (Å²) in [5.74, 6) is -0.113. The number of hydrogen-bond donors (Lipinski definition) is 1. The van der Waals surface area contributed by atoms with Gasteiger partial charge in [-0.25, -0.2) is 4.79 Å². The Kier molecular flexibility index (Phi) is 10.3. The van der Waals surface area contributed by atoms with Gasteiger partial charge in [-0.15, -0.1) is 0 Å². The van der Waals surface area contributed by atoms with Crippen molar-refractivity contribution < 1.29 is 23.8 Å². The molecule has 1 saturated carbocycles. The molecule has 0 saturated heterocycles. The number of alkyl carbamates (subject to hydrolysis) is 1. The third-order valence-electron chi connectivity index (χ3n) is 8.72. The summed E-state index contributed by atoms with van der Waals surface area (Å²) in [6, 6.07) is 26.0. The van der Waals surface area contributed by atoms with Crippen LogP contribution in [0.4, 0.5) is 4.79 Å². The van der Waals surface area contributed by atoms with Crippen molar-refractivity contribution >= 4 is 12.0 Å². The molecule has 2 aliphatic rings. The Morgan fingerprint density at radius 3 is 2.05 bits per heavy atom. The molecule has 3 aromatic rings. The number of ether oxygens (including phenoxy) is 3. The highest BCUT2D eigenvalue weighted by Gasteiger charge is 2.36. The summed E-state index contributed by atoms with van der Waals surface area (Å²) >= 11 is 0. The molecule has 2 aliphatic carbocycles. The first-order chi connectivity index (χ1) is 20.6. The van der Waals surface area contributed by atoms with E-state index < -0.39 is 18.4 Å². The van der Waals surface area contributed by atoms with Crippen LogP contribution in [0, 0.1) is 5.92 Å². The van der Waals surface area contributed by atoms with Crippen LogP contribution >= 0.6 is 0 Å². The highest BCUT2D eigenvalue weighted by Crippen LogP contribution is 2.44. The molecule has 1 atom stereocenters. The smallest absolute Gasteiger partial charge is 0.407 e. The van der Waals surface area contributed by atoms with Crippen molar-refractivity contribution in [1.29, 1.82) is 0 Å². The van der Waals surface area contributed by atoms with Gasteiger partial charge in [0.2, 0.25) is 5.91 Å². The highest BCUT2D eigenvalue weighted by molar-refractivity contribution is 5.86. The molecule has 3 aromatic carbocycles. The van der Waals surface area contributed by atoms with Gasteiger partial charge >= 0.3 is 6.09 Å². The van der Waals surface area contributed by atoms with E-state index in [0.717, 1.165) is 48.8 Å². The molecule has 1 fully saturated rings. The molecule has 0 unspecified atom stereocenters. The third kappa shape index (κ3) is 7.02. The lowest BCUT2D eigenvalue weighted by atomic mass is 9.83. The summed E-state index contributed by atoms with van der Waals surface area (Å²) in [7, 11) is 3.14. The Bertz CT molecular complexity index is 1270. The first kappa shape index (κ1) is 29.8. The number of rotatable bonds is 12. The molecule has 0 aliphatic heterocycles. The number of carbonyl (C=O) groups is 2. The quantitative estimate of drug-likeness (QED) is 0.264. The zero-order valence-electron chi connectivity index (χ0n) is 24.7. The normalized spacial score (nSPS) is 15.6. The van der Waals surface area contributed by atoms with Gasteiger partial charge in [-0.3, -0.25) is 4.79 Å². The van der Waals surface area contributed by atoms with Crippen LogP contribution in [0.1, 0.15) is 54.7 Å². The second-order valence-corrected chi connectivity index (χ2v) is 11.3. The number of fused-ring (bicyclic) bond motifs is 3. The maximum absolute atomic E-state index is 14.2. The second kappa shape index (κ2) is 14.5. The van der Waals surface area contributed by atoms with Gasteiger partial charge in [-0.1, -0.05) is 98.1 Å². The zero-order valence-corrected chi connectivity index (χ0v) is 24.7. The van der Waals surface area contributed by atoms with Crippen molar-refractivity contribution in [1.82, 2.24) is 10.2 Å². The number of nitrogens with one attached hydrogen (secondary N) is 1. The maximum Gasteiger partial charge on any atom is 0.407 e. The van der Waals surface area contributed by atoms with Crippen molar-refractivity contribution in [3.05, 3.63) is 95.6 Å². The molecule has 0 radical (unpaired) electrons. The van der Waals surface area contributed by atoms with Crippen molar-refractivity contribution in [2.75, 3.05) is 33.9 Å². The van der Waals surface area contributed by atoms with E-state index in [-0.39, 0.29) is 30.9 Å². The summed E-state index contributed by atoms with van der Waals surface area (Å²) in [4.78, 5) is 29.3. The standard InChI is InChI=1S/C35H42N2O5/c1-40-32(41-2)23-37(22-21-25-13-5-3-6-14-25)34(38)33(26-15-7-4-8-16-26)36-35(39)42-24-31-29-19-11-9-17-27(29)28-18-10-12-20-30(28)31/h3,5-6,9-14,17-20,26,31-33H,4,7-8,15-16,21-24H2,1-2H3,(H,36,39)/t33-/m1/s1. The molecular weight excluding hydrogens is 528 g/mol. The molecule has 0 heterocycles. The number of carbonyl (C=O) groups excluding carboxylic acids is 2. The number of hydrogen-bond acceptors (Lipinski definition) is 5. The van der Waals surface area contributed by atoms with Gasteiger partial charge in [0.1, 0.15) is 12.6 Å². The molecule has 7 nitrogen and oxygen atoms in total. The number of benzene rings is 3. The van der Waals surface area contributed by atoms with Crippen molar-refractivity contribution in [2.45, 2.75) is 56.8 Å². The first-order valence-corrected chi connectivity index (χ1v) is 15.1. The summed E-state index contributed by atoms with van der Waals surface area (Å²) in [6.45, 7) is 0.967. The van der Waals surface area contributed by atoms with Crippen LogP contribution in [-0.4, -0.2) is 63.1 Å². The molecule has 222 valence electrons. The van der Waals surface area contributed by atoms with Gasteiger partial charge in [0.15, 0.2) is 6.29 Å². The molecule has 7 heteroatoms. The summed E-state index contributed by atoms with van der Waals surface area (Å²) in [6.07, 6.45) is 4.59. The van der Waals surface area contributed by atoms with Gasteiger partial charge < -0.3 is 24.4 Å². The minimum Gasteiger partial charge on any atom is -0.449 e. The van der Waals surface area contributed by atoms with E-state index in [1.807, 2.05) is 42.5 Å². The van der Waals surface area contributed by atoms with E-state index in [1.165, 1.54) is 11.1 Å². The fourth-order valence-corrected chi connectivity index (χ4v) is 6.44. The fourth-order valence-electron chi connectivity index (χ4n) is 6.44. The van der Waals surface area contributed by atoms with E-state index in [1.54, 1.807) is 19.1 Å². The largest absolute Gasteiger partial charge is 0.449 e. The monoisotopic (exact) mass is 570 g/mol. The lowest BCUT2D eigenvalue weighted by Gasteiger charge is -2.35.